The molecule has 0 unspecified atom stereocenters. The Labute approximate surface area is 136 Å². The molecule has 2 aromatic carbocycles. The summed E-state index contributed by atoms with van der Waals surface area (Å²) >= 11 is 0. The van der Waals surface area contributed by atoms with Crippen LogP contribution >= 0.6 is 0 Å². The fraction of sp³-hybridized carbons (Fsp3) is 0.235. The third-order valence-electron chi connectivity index (χ3n) is 3.78. The first-order valence-electron chi connectivity index (χ1n) is 7.13. The van der Waals surface area contributed by atoms with E-state index < -0.39 is 10.0 Å². The Balaban J connectivity index is 2.34. The molecule has 0 saturated carbocycles. The van der Waals surface area contributed by atoms with E-state index in [9.17, 15) is 13.2 Å². The second-order valence-electron chi connectivity index (χ2n) is 5.61. The van der Waals surface area contributed by atoms with E-state index in [4.69, 9.17) is 5.14 Å². The summed E-state index contributed by atoms with van der Waals surface area (Å²) in [6, 6.07) is 12.6. The van der Waals surface area contributed by atoms with E-state index in [1.807, 2.05) is 30.3 Å². The molecule has 5 nitrogen and oxygen atoms in total. The molecule has 0 radical (unpaired) electrons. The molecular weight excluding hydrogens is 312 g/mol. The van der Waals surface area contributed by atoms with Crippen molar-refractivity contribution in [2.24, 2.45) is 5.14 Å². The summed E-state index contributed by atoms with van der Waals surface area (Å²) in [7, 11) is -2.19. The summed E-state index contributed by atoms with van der Waals surface area (Å²) in [6.45, 7) is 3.88. The Morgan fingerprint density at radius 2 is 1.74 bits per heavy atom. The van der Waals surface area contributed by atoms with Gasteiger partial charge >= 0.3 is 0 Å². The first-order valence-corrected chi connectivity index (χ1v) is 8.68. The van der Waals surface area contributed by atoms with Crippen LogP contribution in [0.3, 0.4) is 0 Å². The molecule has 6 heteroatoms. The molecule has 2 N–H and O–H groups in total. The molecule has 0 aliphatic heterocycles. The van der Waals surface area contributed by atoms with E-state index in [-0.39, 0.29) is 10.8 Å². The van der Waals surface area contributed by atoms with Gasteiger partial charge in [-0.25, -0.2) is 13.6 Å². The Bertz CT molecular complexity index is 830. The molecule has 1 amide bonds. The number of carbonyl (C=O) groups is 1. The summed E-state index contributed by atoms with van der Waals surface area (Å²) in [5.41, 5.74) is 2.59. The van der Waals surface area contributed by atoms with Crippen molar-refractivity contribution < 1.29 is 13.2 Å². The molecule has 0 saturated heterocycles. The van der Waals surface area contributed by atoms with Crippen LogP contribution in [0.25, 0.3) is 0 Å². The Hall–Kier alpha value is -2.18. The maximum Gasteiger partial charge on any atom is 0.253 e. The van der Waals surface area contributed by atoms with Gasteiger partial charge in [0.1, 0.15) is 0 Å². The van der Waals surface area contributed by atoms with Gasteiger partial charge in [0.2, 0.25) is 10.0 Å². The van der Waals surface area contributed by atoms with Crippen molar-refractivity contribution in [2.45, 2.75) is 25.3 Å². The molecule has 0 bridgehead atoms. The molecular formula is C17H20N2O3S. The molecule has 0 spiro atoms. The average molecular weight is 332 g/mol. The van der Waals surface area contributed by atoms with Crippen molar-refractivity contribution in [3.8, 4) is 0 Å². The number of amides is 1. The number of sulfonamides is 1. The van der Waals surface area contributed by atoms with Crippen LogP contribution in [0.15, 0.2) is 47.4 Å². The fourth-order valence-electron chi connectivity index (χ4n) is 2.40. The van der Waals surface area contributed by atoms with Crippen molar-refractivity contribution in [1.29, 1.82) is 0 Å². The first-order chi connectivity index (χ1) is 10.7. The molecule has 0 aliphatic rings. The molecule has 2 rings (SSSR count). The van der Waals surface area contributed by atoms with Gasteiger partial charge in [-0.05, 0) is 42.7 Å². The molecule has 0 aliphatic carbocycles. The highest BCUT2D eigenvalue weighted by molar-refractivity contribution is 7.89. The number of nitrogens with two attached hydrogens (primary N) is 1. The van der Waals surface area contributed by atoms with Crippen LogP contribution in [0.4, 0.5) is 0 Å². The lowest BCUT2D eigenvalue weighted by Gasteiger charge is -2.19. The zero-order valence-electron chi connectivity index (χ0n) is 13.4. The quantitative estimate of drug-likeness (QED) is 0.932. The molecule has 0 aromatic heterocycles. The van der Waals surface area contributed by atoms with Crippen LogP contribution in [0.5, 0.6) is 0 Å². The van der Waals surface area contributed by atoms with E-state index >= 15 is 0 Å². The highest BCUT2D eigenvalue weighted by Gasteiger charge is 2.19. The molecule has 23 heavy (non-hydrogen) atoms. The monoisotopic (exact) mass is 332 g/mol. The maximum absolute atomic E-state index is 12.6. The Kier molecular flexibility index (Phi) is 4.87. The van der Waals surface area contributed by atoms with Crippen molar-refractivity contribution in [2.75, 3.05) is 7.05 Å². The number of benzene rings is 2. The van der Waals surface area contributed by atoms with Crippen LogP contribution in [-0.4, -0.2) is 26.3 Å². The highest BCUT2D eigenvalue weighted by atomic mass is 32.2. The van der Waals surface area contributed by atoms with Crippen LogP contribution in [-0.2, 0) is 16.6 Å². The van der Waals surface area contributed by atoms with Gasteiger partial charge in [0.15, 0.2) is 0 Å². The molecule has 2 aromatic rings. The molecule has 0 fully saturated rings. The van der Waals surface area contributed by atoms with Gasteiger partial charge in [0.25, 0.3) is 5.91 Å². The Morgan fingerprint density at radius 3 is 2.30 bits per heavy atom. The van der Waals surface area contributed by atoms with E-state index in [0.29, 0.717) is 23.2 Å². The normalized spacial score (nSPS) is 11.3. The summed E-state index contributed by atoms with van der Waals surface area (Å²) < 4.78 is 23.4. The van der Waals surface area contributed by atoms with Crippen molar-refractivity contribution in [3.05, 3.63) is 64.7 Å². The van der Waals surface area contributed by atoms with Gasteiger partial charge < -0.3 is 4.90 Å². The Morgan fingerprint density at radius 1 is 1.13 bits per heavy atom. The van der Waals surface area contributed by atoms with Gasteiger partial charge in [-0.2, -0.15) is 0 Å². The lowest BCUT2D eigenvalue weighted by Crippen LogP contribution is -2.27. The predicted molar refractivity (Wildman–Crippen MR) is 89.5 cm³/mol. The van der Waals surface area contributed by atoms with Gasteiger partial charge in [-0.3, -0.25) is 4.79 Å². The fourth-order valence-corrected chi connectivity index (χ4v) is 3.27. The minimum Gasteiger partial charge on any atom is -0.337 e. The van der Waals surface area contributed by atoms with Crippen LogP contribution < -0.4 is 5.14 Å². The van der Waals surface area contributed by atoms with Crippen molar-refractivity contribution >= 4 is 15.9 Å². The number of aryl methyl sites for hydroxylation is 1. The van der Waals surface area contributed by atoms with E-state index in [1.165, 1.54) is 6.07 Å². The van der Waals surface area contributed by atoms with Gasteiger partial charge in [0.05, 0.1) is 4.90 Å². The van der Waals surface area contributed by atoms with E-state index in [2.05, 4.69) is 0 Å². The number of nitrogens with zero attached hydrogens (tertiary/aromatic N) is 1. The zero-order valence-corrected chi connectivity index (χ0v) is 14.2. The largest absolute Gasteiger partial charge is 0.337 e. The predicted octanol–water partition coefficient (Wildman–Crippen LogP) is 2.22. The third kappa shape index (κ3) is 3.97. The van der Waals surface area contributed by atoms with E-state index in [1.54, 1.807) is 31.9 Å². The number of hydrogen-bond acceptors (Lipinski definition) is 3. The minimum absolute atomic E-state index is 0.00559. The molecule has 122 valence electrons. The standard InChI is InChI=1S/C17H20N2O3S/c1-12-9-15(10-16(13(12)2)23(18,21)22)17(20)19(3)11-14-7-5-4-6-8-14/h4-10H,11H2,1-3H3,(H2,18,21,22). The van der Waals surface area contributed by atoms with Crippen LogP contribution in [0.2, 0.25) is 0 Å². The summed E-state index contributed by atoms with van der Waals surface area (Å²) in [5.74, 6) is -0.248. The number of hydrogen-bond donors (Lipinski definition) is 1. The first kappa shape index (κ1) is 17.2. The highest BCUT2D eigenvalue weighted by Crippen LogP contribution is 2.21. The summed E-state index contributed by atoms with van der Waals surface area (Å²) in [6.07, 6.45) is 0. The maximum atomic E-state index is 12.6. The van der Waals surface area contributed by atoms with Crippen molar-refractivity contribution in [1.82, 2.24) is 4.90 Å². The van der Waals surface area contributed by atoms with Crippen LogP contribution in [0, 0.1) is 13.8 Å². The summed E-state index contributed by atoms with van der Waals surface area (Å²) in [4.78, 5) is 14.1. The number of carbonyl (C=O) groups excluding carboxylic acids is 1. The lowest BCUT2D eigenvalue weighted by molar-refractivity contribution is 0.0784. The lowest BCUT2D eigenvalue weighted by atomic mass is 10.1. The average Bonchev–Trinajstić information content (AvgIpc) is 2.49. The van der Waals surface area contributed by atoms with Gasteiger partial charge in [-0.15, -0.1) is 0 Å². The van der Waals surface area contributed by atoms with Gasteiger partial charge in [-0.1, -0.05) is 30.3 Å². The second-order valence-corrected chi connectivity index (χ2v) is 7.14. The summed E-state index contributed by atoms with van der Waals surface area (Å²) in [5, 5.41) is 5.24. The molecule has 0 atom stereocenters. The van der Waals surface area contributed by atoms with Crippen molar-refractivity contribution in [3.63, 3.8) is 0 Å². The zero-order chi connectivity index (χ0) is 17.2. The van der Waals surface area contributed by atoms with Crippen LogP contribution in [0.1, 0.15) is 27.0 Å². The van der Waals surface area contributed by atoms with Gasteiger partial charge in [0, 0.05) is 19.2 Å². The minimum atomic E-state index is -3.87. The third-order valence-corrected chi connectivity index (χ3v) is 4.82. The SMILES string of the molecule is Cc1cc(C(=O)N(C)Cc2ccccc2)cc(S(N)(=O)=O)c1C. The topological polar surface area (TPSA) is 80.5 Å². The smallest absolute Gasteiger partial charge is 0.253 e. The number of primary sulfonamides is 1. The number of rotatable bonds is 4. The second kappa shape index (κ2) is 6.52. The van der Waals surface area contributed by atoms with E-state index in [0.717, 1.165) is 5.56 Å². The molecule has 0 heterocycles.